The van der Waals surface area contributed by atoms with Crippen LogP contribution in [0.4, 0.5) is 10.3 Å². The molecule has 1 saturated heterocycles. The molecule has 3 rings (SSSR count). The van der Waals surface area contributed by atoms with E-state index in [0.717, 1.165) is 32.1 Å². The van der Waals surface area contributed by atoms with Gasteiger partial charge >= 0.3 is 0 Å². The van der Waals surface area contributed by atoms with Crippen molar-refractivity contribution in [2.75, 3.05) is 37.6 Å². The van der Waals surface area contributed by atoms with Gasteiger partial charge in [0.25, 0.3) is 0 Å². The Labute approximate surface area is 129 Å². The molecular formula is C16H20FN5. The Balaban J connectivity index is 1.68. The molecule has 0 bridgehead atoms. The van der Waals surface area contributed by atoms with Crippen molar-refractivity contribution in [1.29, 1.82) is 0 Å². The molecule has 2 heterocycles. The van der Waals surface area contributed by atoms with Crippen molar-refractivity contribution in [1.82, 2.24) is 14.9 Å². The Morgan fingerprint density at radius 2 is 1.73 bits per heavy atom. The van der Waals surface area contributed by atoms with Gasteiger partial charge in [-0.15, -0.1) is 0 Å². The average molecular weight is 301 g/mol. The maximum Gasteiger partial charge on any atom is 0.225 e. The van der Waals surface area contributed by atoms with E-state index in [1.165, 1.54) is 6.07 Å². The number of piperazine rings is 1. The average Bonchev–Trinajstić information content (AvgIpc) is 2.59. The first kappa shape index (κ1) is 14.9. The summed E-state index contributed by atoms with van der Waals surface area (Å²) in [5.74, 6) is 0.559. The highest BCUT2D eigenvalue weighted by atomic mass is 19.1. The van der Waals surface area contributed by atoms with Crippen LogP contribution in [0.15, 0.2) is 42.7 Å². The van der Waals surface area contributed by atoms with Gasteiger partial charge in [-0.3, -0.25) is 4.90 Å². The van der Waals surface area contributed by atoms with Crippen LogP contribution in [0.2, 0.25) is 0 Å². The quantitative estimate of drug-likeness (QED) is 0.926. The van der Waals surface area contributed by atoms with Crippen LogP contribution in [0.3, 0.4) is 0 Å². The Kier molecular flexibility index (Phi) is 4.60. The number of aromatic nitrogens is 2. The minimum atomic E-state index is -0.188. The predicted octanol–water partition coefficient (Wildman–Crippen LogP) is 1.44. The summed E-state index contributed by atoms with van der Waals surface area (Å²) in [6.07, 6.45) is 3.49. The van der Waals surface area contributed by atoms with Crippen LogP contribution in [-0.2, 0) is 0 Å². The van der Waals surface area contributed by atoms with E-state index in [0.29, 0.717) is 12.1 Å². The largest absolute Gasteiger partial charge is 0.338 e. The van der Waals surface area contributed by atoms with E-state index in [-0.39, 0.29) is 11.9 Å². The molecule has 1 aromatic heterocycles. The number of hydrogen-bond acceptors (Lipinski definition) is 5. The highest BCUT2D eigenvalue weighted by Crippen LogP contribution is 2.24. The first-order chi connectivity index (χ1) is 10.8. The summed E-state index contributed by atoms with van der Waals surface area (Å²) in [7, 11) is 0. The van der Waals surface area contributed by atoms with Crippen LogP contribution in [0.25, 0.3) is 0 Å². The molecule has 0 radical (unpaired) electrons. The summed E-state index contributed by atoms with van der Waals surface area (Å²) < 4.78 is 14.0. The summed E-state index contributed by atoms with van der Waals surface area (Å²) in [6.45, 7) is 3.66. The molecule has 5 nitrogen and oxygen atoms in total. The molecule has 0 saturated carbocycles. The van der Waals surface area contributed by atoms with Gasteiger partial charge in [-0.25, -0.2) is 14.4 Å². The Morgan fingerprint density at radius 3 is 2.36 bits per heavy atom. The summed E-state index contributed by atoms with van der Waals surface area (Å²) >= 11 is 0. The van der Waals surface area contributed by atoms with Gasteiger partial charge in [-0.1, -0.05) is 18.2 Å². The number of nitrogens with zero attached hydrogens (tertiary/aromatic N) is 4. The second-order valence-corrected chi connectivity index (χ2v) is 5.34. The van der Waals surface area contributed by atoms with Crippen LogP contribution in [0, 0.1) is 5.82 Å². The van der Waals surface area contributed by atoms with Gasteiger partial charge in [0, 0.05) is 50.7 Å². The number of nitrogens with two attached hydrogens (primary N) is 1. The summed E-state index contributed by atoms with van der Waals surface area (Å²) in [5.41, 5.74) is 6.58. The maximum atomic E-state index is 14.0. The molecule has 1 aliphatic rings. The van der Waals surface area contributed by atoms with Gasteiger partial charge in [0.1, 0.15) is 5.82 Å². The highest BCUT2D eigenvalue weighted by Gasteiger charge is 2.26. The zero-order chi connectivity index (χ0) is 15.4. The van der Waals surface area contributed by atoms with Crippen molar-refractivity contribution in [3.05, 3.63) is 54.1 Å². The number of hydrogen-bond donors (Lipinski definition) is 1. The second-order valence-electron chi connectivity index (χ2n) is 5.34. The Bertz CT molecular complexity index is 598. The lowest BCUT2D eigenvalue weighted by Crippen LogP contribution is -2.49. The van der Waals surface area contributed by atoms with Crippen molar-refractivity contribution in [3.8, 4) is 0 Å². The van der Waals surface area contributed by atoms with Crippen molar-refractivity contribution in [2.45, 2.75) is 6.04 Å². The van der Waals surface area contributed by atoms with E-state index in [1.54, 1.807) is 18.5 Å². The topological polar surface area (TPSA) is 58.3 Å². The lowest BCUT2D eigenvalue weighted by Gasteiger charge is -2.39. The fourth-order valence-corrected chi connectivity index (χ4v) is 2.91. The van der Waals surface area contributed by atoms with E-state index in [4.69, 9.17) is 5.73 Å². The minimum Gasteiger partial charge on any atom is -0.338 e. The summed E-state index contributed by atoms with van der Waals surface area (Å²) in [5, 5.41) is 0. The van der Waals surface area contributed by atoms with E-state index in [2.05, 4.69) is 19.8 Å². The Morgan fingerprint density at radius 1 is 1.05 bits per heavy atom. The normalized spacial score (nSPS) is 17.5. The third-order valence-electron chi connectivity index (χ3n) is 4.08. The molecule has 6 heteroatoms. The first-order valence-corrected chi connectivity index (χ1v) is 7.50. The molecule has 0 aliphatic carbocycles. The molecular weight excluding hydrogens is 281 g/mol. The fourth-order valence-electron chi connectivity index (χ4n) is 2.91. The molecule has 1 unspecified atom stereocenters. The van der Waals surface area contributed by atoms with E-state index >= 15 is 0 Å². The van der Waals surface area contributed by atoms with E-state index in [9.17, 15) is 4.39 Å². The molecule has 1 atom stereocenters. The number of anilines is 1. The van der Waals surface area contributed by atoms with Crippen LogP contribution in [0.5, 0.6) is 0 Å². The lowest BCUT2D eigenvalue weighted by molar-refractivity contribution is 0.186. The fraction of sp³-hybridized carbons (Fsp3) is 0.375. The molecule has 0 amide bonds. The van der Waals surface area contributed by atoms with Crippen LogP contribution >= 0.6 is 0 Å². The molecule has 1 aromatic carbocycles. The monoisotopic (exact) mass is 301 g/mol. The van der Waals surface area contributed by atoms with E-state index < -0.39 is 0 Å². The number of benzene rings is 1. The summed E-state index contributed by atoms with van der Waals surface area (Å²) in [4.78, 5) is 12.9. The van der Waals surface area contributed by atoms with Crippen molar-refractivity contribution >= 4 is 5.95 Å². The minimum absolute atomic E-state index is 0.0833. The van der Waals surface area contributed by atoms with Crippen LogP contribution < -0.4 is 10.6 Å². The van der Waals surface area contributed by atoms with Crippen LogP contribution in [0.1, 0.15) is 11.6 Å². The summed E-state index contributed by atoms with van der Waals surface area (Å²) in [6, 6.07) is 8.60. The maximum absolute atomic E-state index is 14.0. The smallest absolute Gasteiger partial charge is 0.225 e. The molecule has 116 valence electrons. The molecule has 0 spiro atoms. The van der Waals surface area contributed by atoms with Crippen molar-refractivity contribution in [3.63, 3.8) is 0 Å². The second kappa shape index (κ2) is 6.81. The van der Waals surface area contributed by atoms with Gasteiger partial charge < -0.3 is 10.6 Å². The van der Waals surface area contributed by atoms with Gasteiger partial charge in [-0.2, -0.15) is 0 Å². The lowest BCUT2D eigenvalue weighted by atomic mass is 10.0. The highest BCUT2D eigenvalue weighted by molar-refractivity contribution is 5.30. The van der Waals surface area contributed by atoms with Gasteiger partial charge in [0.15, 0.2) is 0 Å². The first-order valence-electron chi connectivity index (χ1n) is 7.50. The standard InChI is InChI=1S/C16H20FN5/c17-14-5-2-1-4-13(14)15(12-18)21-8-10-22(11-9-21)16-19-6-3-7-20-16/h1-7,15H,8-12,18H2. The van der Waals surface area contributed by atoms with Gasteiger partial charge in [-0.05, 0) is 12.1 Å². The zero-order valence-corrected chi connectivity index (χ0v) is 12.4. The molecule has 2 N–H and O–H groups in total. The Hall–Kier alpha value is -2.05. The zero-order valence-electron chi connectivity index (χ0n) is 12.4. The van der Waals surface area contributed by atoms with Crippen LogP contribution in [-0.4, -0.2) is 47.6 Å². The molecule has 1 fully saturated rings. The number of rotatable bonds is 4. The molecule has 1 aliphatic heterocycles. The van der Waals surface area contributed by atoms with Crippen molar-refractivity contribution in [2.24, 2.45) is 5.73 Å². The third kappa shape index (κ3) is 3.08. The predicted molar refractivity (Wildman–Crippen MR) is 84.0 cm³/mol. The number of halogens is 1. The van der Waals surface area contributed by atoms with Gasteiger partial charge in [0.05, 0.1) is 6.04 Å². The van der Waals surface area contributed by atoms with Crippen molar-refractivity contribution < 1.29 is 4.39 Å². The van der Waals surface area contributed by atoms with E-state index in [1.807, 2.05) is 18.2 Å². The third-order valence-corrected chi connectivity index (χ3v) is 4.08. The molecule has 2 aromatic rings. The SMILES string of the molecule is NCC(c1ccccc1F)N1CCN(c2ncccn2)CC1. The van der Waals surface area contributed by atoms with Gasteiger partial charge in [0.2, 0.25) is 5.95 Å². The molecule has 22 heavy (non-hydrogen) atoms.